The molecule has 0 aliphatic carbocycles. The molecule has 1 aromatic heterocycles. The number of nitrogens with zero attached hydrogens (tertiary/aromatic N) is 3. The fourth-order valence-corrected chi connectivity index (χ4v) is 1.70. The summed E-state index contributed by atoms with van der Waals surface area (Å²) in [5.74, 6) is 0.0732. The summed E-state index contributed by atoms with van der Waals surface area (Å²) in [4.78, 5) is 20.5. The fourth-order valence-electron chi connectivity index (χ4n) is 1.70. The molecule has 2 N–H and O–H groups in total. The molecule has 1 aromatic carbocycles. The first kappa shape index (κ1) is 15.4. The van der Waals surface area contributed by atoms with Crippen LogP contribution in [0, 0.1) is 11.3 Å². The van der Waals surface area contributed by atoms with Crippen LogP contribution >= 0.6 is 0 Å². The molecule has 6 nitrogen and oxygen atoms in total. The second-order valence-electron chi connectivity index (χ2n) is 5.78. The number of nitrogens with one attached hydrogen (secondary N) is 2. The van der Waals surface area contributed by atoms with Gasteiger partial charge in [-0.25, -0.2) is 9.97 Å². The van der Waals surface area contributed by atoms with Gasteiger partial charge in [0.1, 0.15) is 5.69 Å². The third-order valence-electron chi connectivity index (χ3n) is 2.65. The number of amides is 1. The lowest BCUT2D eigenvalue weighted by Crippen LogP contribution is -2.28. The highest BCUT2D eigenvalue weighted by Gasteiger charge is 2.14. The molecule has 22 heavy (non-hydrogen) atoms. The van der Waals surface area contributed by atoms with Gasteiger partial charge >= 0.3 is 0 Å². The second kappa shape index (κ2) is 6.22. The number of nitriles is 1. The van der Waals surface area contributed by atoms with Gasteiger partial charge in [-0.15, -0.1) is 0 Å². The van der Waals surface area contributed by atoms with E-state index in [1.54, 1.807) is 30.3 Å². The minimum absolute atomic E-state index is 0.192. The average molecular weight is 295 g/mol. The largest absolute Gasteiger partial charge is 0.350 e. The van der Waals surface area contributed by atoms with Crippen LogP contribution in [0.1, 0.15) is 36.8 Å². The Balaban J connectivity index is 2.12. The summed E-state index contributed by atoms with van der Waals surface area (Å²) in [5, 5.41) is 14.6. The van der Waals surface area contributed by atoms with Gasteiger partial charge < -0.3 is 10.6 Å². The zero-order valence-electron chi connectivity index (χ0n) is 12.7. The van der Waals surface area contributed by atoms with E-state index in [4.69, 9.17) is 5.26 Å². The lowest BCUT2D eigenvalue weighted by atomic mass is 10.1. The Labute approximate surface area is 129 Å². The summed E-state index contributed by atoms with van der Waals surface area (Å²) < 4.78 is 0. The predicted molar refractivity (Wildman–Crippen MR) is 84.5 cm³/mol. The zero-order chi connectivity index (χ0) is 16.2. The van der Waals surface area contributed by atoms with Crippen LogP contribution in [0.4, 0.5) is 11.6 Å². The molecule has 1 amide bonds. The topological polar surface area (TPSA) is 90.7 Å². The van der Waals surface area contributed by atoms with E-state index in [2.05, 4.69) is 20.6 Å². The first-order chi connectivity index (χ1) is 10.4. The quantitative estimate of drug-likeness (QED) is 0.908. The Hall–Kier alpha value is -2.94. The molecular weight excluding hydrogens is 278 g/mol. The van der Waals surface area contributed by atoms with Gasteiger partial charge in [0.05, 0.1) is 11.6 Å². The highest BCUT2D eigenvalue weighted by atomic mass is 16.1. The molecule has 6 heteroatoms. The van der Waals surface area contributed by atoms with Crippen LogP contribution in [0.5, 0.6) is 0 Å². The van der Waals surface area contributed by atoms with Crippen molar-refractivity contribution in [3.8, 4) is 6.07 Å². The number of carbonyl (C=O) groups is 1. The first-order valence-electron chi connectivity index (χ1n) is 6.80. The summed E-state index contributed by atoms with van der Waals surface area (Å²) in [5.41, 5.74) is 1.22. The molecule has 2 aromatic rings. The Morgan fingerprint density at radius 2 is 1.86 bits per heavy atom. The summed E-state index contributed by atoms with van der Waals surface area (Å²) in [7, 11) is 0. The molecular formula is C16H17N5O. The van der Waals surface area contributed by atoms with E-state index < -0.39 is 0 Å². The van der Waals surface area contributed by atoms with Crippen molar-refractivity contribution in [3.63, 3.8) is 0 Å². The number of hydrogen-bond acceptors (Lipinski definition) is 5. The standard InChI is InChI=1S/C16H17N5O/c1-16(2,3)21-15-18-9-8-13(20-15)14(22)19-12-6-4-11(10-17)5-7-12/h4-9H,1-3H3,(H,19,22)(H,18,20,21). The van der Waals surface area contributed by atoms with E-state index in [-0.39, 0.29) is 17.1 Å². The minimum Gasteiger partial charge on any atom is -0.350 e. The molecule has 2 rings (SSSR count). The lowest BCUT2D eigenvalue weighted by molar-refractivity contribution is 0.102. The number of rotatable bonds is 3. The van der Waals surface area contributed by atoms with Crippen molar-refractivity contribution >= 4 is 17.5 Å². The highest BCUT2D eigenvalue weighted by molar-refractivity contribution is 6.02. The van der Waals surface area contributed by atoms with Crippen molar-refractivity contribution in [2.24, 2.45) is 0 Å². The molecule has 0 saturated carbocycles. The van der Waals surface area contributed by atoms with Crippen molar-refractivity contribution in [2.45, 2.75) is 26.3 Å². The van der Waals surface area contributed by atoms with Crippen LogP contribution in [0.2, 0.25) is 0 Å². The molecule has 112 valence electrons. The molecule has 0 fully saturated rings. The third-order valence-corrected chi connectivity index (χ3v) is 2.65. The number of carbonyl (C=O) groups excluding carboxylic acids is 1. The van der Waals surface area contributed by atoms with Crippen molar-refractivity contribution in [1.29, 1.82) is 5.26 Å². The van der Waals surface area contributed by atoms with Gasteiger partial charge in [0, 0.05) is 17.4 Å². The van der Waals surface area contributed by atoms with Gasteiger partial charge in [-0.3, -0.25) is 4.79 Å². The predicted octanol–water partition coefficient (Wildman–Crippen LogP) is 2.81. The second-order valence-corrected chi connectivity index (χ2v) is 5.78. The average Bonchev–Trinajstić information content (AvgIpc) is 2.46. The number of anilines is 2. The van der Waals surface area contributed by atoms with Crippen molar-refractivity contribution in [3.05, 3.63) is 47.8 Å². The van der Waals surface area contributed by atoms with Gasteiger partial charge in [0.15, 0.2) is 0 Å². The molecule has 0 bridgehead atoms. The third kappa shape index (κ3) is 4.28. The summed E-state index contributed by atoms with van der Waals surface area (Å²) in [6.45, 7) is 5.96. The van der Waals surface area contributed by atoms with Crippen molar-refractivity contribution in [1.82, 2.24) is 9.97 Å². The maximum atomic E-state index is 12.2. The Kier molecular flexibility index (Phi) is 4.37. The smallest absolute Gasteiger partial charge is 0.274 e. The zero-order valence-corrected chi connectivity index (χ0v) is 12.7. The van der Waals surface area contributed by atoms with E-state index in [9.17, 15) is 4.79 Å². The molecule has 0 aliphatic heterocycles. The summed E-state index contributed by atoms with van der Waals surface area (Å²) >= 11 is 0. The Morgan fingerprint density at radius 1 is 1.18 bits per heavy atom. The first-order valence-corrected chi connectivity index (χ1v) is 6.80. The van der Waals surface area contributed by atoms with Crippen LogP contribution in [0.3, 0.4) is 0 Å². The van der Waals surface area contributed by atoms with E-state index in [0.29, 0.717) is 17.2 Å². The van der Waals surface area contributed by atoms with Gasteiger partial charge in [-0.1, -0.05) is 0 Å². The molecule has 0 radical (unpaired) electrons. The van der Waals surface area contributed by atoms with Gasteiger partial charge in [0.25, 0.3) is 5.91 Å². The van der Waals surface area contributed by atoms with E-state index in [1.807, 2.05) is 26.8 Å². The Bertz CT molecular complexity index is 711. The Morgan fingerprint density at radius 3 is 2.45 bits per heavy atom. The highest BCUT2D eigenvalue weighted by Crippen LogP contribution is 2.12. The van der Waals surface area contributed by atoms with Crippen LogP contribution in [0.25, 0.3) is 0 Å². The van der Waals surface area contributed by atoms with E-state index >= 15 is 0 Å². The molecule has 0 aliphatic rings. The number of benzene rings is 1. The fraction of sp³-hybridized carbons (Fsp3) is 0.250. The van der Waals surface area contributed by atoms with Gasteiger partial charge in [-0.05, 0) is 51.1 Å². The van der Waals surface area contributed by atoms with E-state index in [1.165, 1.54) is 6.20 Å². The van der Waals surface area contributed by atoms with Crippen molar-refractivity contribution in [2.75, 3.05) is 10.6 Å². The van der Waals surface area contributed by atoms with Crippen LogP contribution in [-0.2, 0) is 0 Å². The van der Waals surface area contributed by atoms with Crippen LogP contribution in [0.15, 0.2) is 36.5 Å². The monoisotopic (exact) mass is 295 g/mol. The summed E-state index contributed by atoms with van der Waals surface area (Å²) in [6, 6.07) is 10.2. The van der Waals surface area contributed by atoms with Crippen LogP contribution < -0.4 is 10.6 Å². The minimum atomic E-state index is -0.330. The molecule has 1 heterocycles. The lowest BCUT2D eigenvalue weighted by Gasteiger charge is -2.20. The normalized spacial score (nSPS) is 10.6. The SMILES string of the molecule is CC(C)(C)Nc1nccc(C(=O)Nc2ccc(C#N)cc2)n1. The molecule has 0 atom stereocenters. The van der Waals surface area contributed by atoms with Gasteiger partial charge in [0.2, 0.25) is 5.95 Å². The maximum absolute atomic E-state index is 12.2. The van der Waals surface area contributed by atoms with E-state index in [0.717, 1.165) is 0 Å². The maximum Gasteiger partial charge on any atom is 0.274 e. The van der Waals surface area contributed by atoms with Crippen LogP contribution in [-0.4, -0.2) is 21.4 Å². The number of hydrogen-bond donors (Lipinski definition) is 2. The molecule has 0 unspecified atom stereocenters. The summed E-state index contributed by atoms with van der Waals surface area (Å²) in [6.07, 6.45) is 1.54. The molecule has 0 saturated heterocycles. The number of aromatic nitrogens is 2. The van der Waals surface area contributed by atoms with Gasteiger partial charge in [-0.2, -0.15) is 5.26 Å². The molecule has 0 spiro atoms. The van der Waals surface area contributed by atoms with Crippen molar-refractivity contribution < 1.29 is 4.79 Å².